The first kappa shape index (κ1) is 15.3. The Labute approximate surface area is 147 Å². The van der Waals surface area contributed by atoms with Crippen LogP contribution in [0.4, 0.5) is 27.5 Å². The number of nitrogens with one attached hydrogen (secondary N) is 3. The van der Waals surface area contributed by atoms with Crippen molar-refractivity contribution in [2.45, 2.75) is 0 Å². The van der Waals surface area contributed by atoms with Gasteiger partial charge in [-0.25, -0.2) is 9.37 Å². The number of aromatic nitrogens is 4. The van der Waals surface area contributed by atoms with Gasteiger partial charge in [0.05, 0.1) is 17.9 Å². The van der Waals surface area contributed by atoms with Crippen LogP contribution in [0.25, 0.3) is 10.9 Å². The van der Waals surface area contributed by atoms with E-state index in [0.29, 0.717) is 10.7 Å². The molecule has 0 atom stereocenters. The molecule has 4 aromatic rings. The molecule has 2 aromatic heterocycles. The zero-order valence-corrected chi connectivity index (χ0v) is 13.5. The minimum absolute atomic E-state index is 0.0744. The largest absolute Gasteiger partial charge is 0.338 e. The predicted octanol–water partition coefficient (Wildman–Crippen LogP) is 4.63. The Morgan fingerprint density at radius 3 is 2.60 bits per heavy atom. The van der Waals surface area contributed by atoms with Crippen molar-refractivity contribution in [1.29, 1.82) is 0 Å². The van der Waals surface area contributed by atoms with E-state index < -0.39 is 5.82 Å². The molecule has 0 amide bonds. The summed E-state index contributed by atoms with van der Waals surface area (Å²) in [5.74, 6) is -0.203. The number of nitrogens with zero attached hydrogens (tertiary/aromatic N) is 3. The van der Waals surface area contributed by atoms with E-state index in [1.54, 1.807) is 30.5 Å². The normalized spacial score (nSPS) is 10.8. The van der Waals surface area contributed by atoms with Crippen LogP contribution >= 0.6 is 11.6 Å². The Bertz CT molecular complexity index is 1030. The summed E-state index contributed by atoms with van der Waals surface area (Å²) in [5, 5.41) is 14.4. The van der Waals surface area contributed by atoms with E-state index >= 15 is 0 Å². The maximum Gasteiger partial charge on any atom is 0.229 e. The minimum Gasteiger partial charge on any atom is -0.338 e. The molecule has 0 saturated heterocycles. The zero-order chi connectivity index (χ0) is 17.2. The Hall–Kier alpha value is -3.19. The quantitative estimate of drug-likeness (QED) is 0.498. The first-order chi connectivity index (χ1) is 12.2. The molecule has 0 unspecified atom stereocenters. The lowest BCUT2D eigenvalue weighted by Crippen LogP contribution is -2.03. The van der Waals surface area contributed by atoms with Gasteiger partial charge in [-0.2, -0.15) is 10.1 Å². The highest BCUT2D eigenvalue weighted by Crippen LogP contribution is 2.23. The number of fused-ring (bicyclic) bond motifs is 1. The second kappa shape index (κ2) is 6.37. The van der Waals surface area contributed by atoms with Gasteiger partial charge in [-0.3, -0.25) is 5.10 Å². The SMILES string of the molecule is Fc1cnc(Nc2ccc(Cl)cc2)nc1Nc1ccc2cn[nH]c2c1. The number of aromatic amines is 1. The van der Waals surface area contributed by atoms with Gasteiger partial charge < -0.3 is 10.6 Å². The molecule has 0 fully saturated rings. The summed E-state index contributed by atoms with van der Waals surface area (Å²) < 4.78 is 14.0. The van der Waals surface area contributed by atoms with Crippen LogP contribution < -0.4 is 10.6 Å². The van der Waals surface area contributed by atoms with Gasteiger partial charge in [0.25, 0.3) is 0 Å². The standard InChI is InChI=1S/C17H12ClFN6/c18-11-2-5-12(6-3-11)23-17-20-9-14(19)16(24-17)22-13-4-1-10-8-21-25-15(10)7-13/h1-9H,(H,21,25)(H2,20,22,23,24). The molecule has 124 valence electrons. The second-order valence-electron chi connectivity index (χ2n) is 5.32. The molecule has 8 heteroatoms. The molecule has 2 aromatic carbocycles. The van der Waals surface area contributed by atoms with Gasteiger partial charge in [-0.15, -0.1) is 0 Å². The van der Waals surface area contributed by atoms with E-state index in [-0.39, 0.29) is 11.8 Å². The van der Waals surface area contributed by atoms with Crippen LogP contribution in [0.3, 0.4) is 0 Å². The van der Waals surface area contributed by atoms with Crippen molar-refractivity contribution in [3.8, 4) is 0 Å². The molecule has 0 aliphatic heterocycles. The van der Waals surface area contributed by atoms with E-state index in [9.17, 15) is 4.39 Å². The lowest BCUT2D eigenvalue weighted by molar-refractivity contribution is 0.619. The van der Waals surface area contributed by atoms with E-state index in [1.165, 1.54) is 0 Å². The molecule has 2 heterocycles. The molecule has 0 spiro atoms. The van der Waals surface area contributed by atoms with Crippen molar-refractivity contribution in [3.63, 3.8) is 0 Å². The van der Waals surface area contributed by atoms with E-state index in [1.807, 2.05) is 18.2 Å². The van der Waals surface area contributed by atoms with Crippen molar-refractivity contribution in [2.75, 3.05) is 10.6 Å². The third kappa shape index (κ3) is 3.36. The van der Waals surface area contributed by atoms with Gasteiger partial charge in [0, 0.05) is 21.8 Å². The molecule has 6 nitrogen and oxygen atoms in total. The van der Waals surface area contributed by atoms with Crippen molar-refractivity contribution >= 4 is 45.6 Å². The summed E-state index contributed by atoms with van der Waals surface area (Å²) in [6, 6.07) is 12.6. The second-order valence-corrected chi connectivity index (χ2v) is 5.76. The maximum absolute atomic E-state index is 14.0. The van der Waals surface area contributed by atoms with Crippen LogP contribution in [-0.4, -0.2) is 20.2 Å². The third-order valence-electron chi connectivity index (χ3n) is 3.55. The first-order valence-corrected chi connectivity index (χ1v) is 7.80. The highest BCUT2D eigenvalue weighted by molar-refractivity contribution is 6.30. The van der Waals surface area contributed by atoms with Crippen molar-refractivity contribution in [2.24, 2.45) is 0 Å². The van der Waals surface area contributed by atoms with Gasteiger partial charge in [0.2, 0.25) is 5.95 Å². The van der Waals surface area contributed by atoms with Crippen LogP contribution in [0.2, 0.25) is 5.02 Å². The van der Waals surface area contributed by atoms with Crippen molar-refractivity contribution < 1.29 is 4.39 Å². The Kier molecular flexibility index (Phi) is 3.91. The first-order valence-electron chi connectivity index (χ1n) is 7.43. The fourth-order valence-corrected chi connectivity index (χ4v) is 2.45. The lowest BCUT2D eigenvalue weighted by Gasteiger charge is -2.09. The molecule has 4 rings (SSSR count). The van der Waals surface area contributed by atoms with Gasteiger partial charge in [0.1, 0.15) is 0 Å². The number of hydrogen-bond donors (Lipinski definition) is 3. The highest BCUT2D eigenvalue weighted by atomic mass is 35.5. The van der Waals surface area contributed by atoms with Crippen LogP contribution in [0.15, 0.2) is 54.9 Å². The summed E-state index contributed by atoms with van der Waals surface area (Å²) in [4.78, 5) is 8.14. The number of anilines is 4. The zero-order valence-electron chi connectivity index (χ0n) is 12.8. The van der Waals surface area contributed by atoms with Gasteiger partial charge in [-0.1, -0.05) is 11.6 Å². The van der Waals surface area contributed by atoms with Crippen LogP contribution in [0.5, 0.6) is 0 Å². The molecule has 0 aliphatic rings. The fourth-order valence-electron chi connectivity index (χ4n) is 2.33. The van der Waals surface area contributed by atoms with Crippen LogP contribution in [-0.2, 0) is 0 Å². The number of halogens is 2. The molecule has 0 saturated carbocycles. The number of rotatable bonds is 4. The predicted molar refractivity (Wildman–Crippen MR) is 96.1 cm³/mol. The molecule has 0 aliphatic carbocycles. The average Bonchev–Trinajstić information content (AvgIpc) is 3.08. The summed E-state index contributed by atoms with van der Waals surface area (Å²) in [6.07, 6.45) is 2.83. The molecule has 0 radical (unpaired) electrons. The Morgan fingerprint density at radius 1 is 0.960 bits per heavy atom. The molecular weight excluding hydrogens is 343 g/mol. The maximum atomic E-state index is 14.0. The molecule has 3 N–H and O–H groups in total. The smallest absolute Gasteiger partial charge is 0.229 e. The van der Waals surface area contributed by atoms with Gasteiger partial charge >= 0.3 is 0 Å². The fraction of sp³-hybridized carbons (Fsp3) is 0. The van der Waals surface area contributed by atoms with Gasteiger partial charge in [0.15, 0.2) is 11.6 Å². The molecular formula is C17H12ClFN6. The van der Waals surface area contributed by atoms with Gasteiger partial charge in [-0.05, 0) is 42.5 Å². The molecule has 25 heavy (non-hydrogen) atoms. The number of H-pyrrole nitrogens is 1. The van der Waals surface area contributed by atoms with Crippen molar-refractivity contribution in [3.05, 3.63) is 65.7 Å². The monoisotopic (exact) mass is 354 g/mol. The van der Waals surface area contributed by atoms with Crippen LogP contribution in [0.1, 0.15) is 0 Å². The highest BCUT2D eigenvalue weighted by Gasteiger charge is 2.08. The summed E-state index contributed by atoms with van der Waals surface area (Å²) in [7, 11) is 0. The van der Waals surface area contributed by atoms with E-state index in [0.717, 1.165) is 22.8 Å². The number of hydrogen-bond acceptors (Lipinski definition) is 5. The molecule has 0 bridgehead atoms. The van der Waals surface area contributed by atoms with E-state index in [4.69, 9.17) is 11.6 Å². The van der Waals surface area contributed by atoms with Crippen molar-refractivity contribution in [1.82, 2.24) is 20.2 Å². The number of benzene rings is 2. The third-order valence-corrected chi connectivity index (χ3v) is 3.80. The average molecular weight is 355 g/mol. The lowest BCUT2D eigenvalue weighted by atomic mass is 10.2. The minimum atomic E-state index is -0.550. The summed E-state index contributed by atoms with van der Waals surface area (Å²) in [5.41, 5.74) is 2.28. The summed E-state index contributed by atoms with van der Waals surface area (Å²) >= 11 is 5.86. The Balaban J connectivity index is 1.59. The summed E-state index contributed by atoms with van der Waals surface area (Å²) in [6.45, 7) is 0. The van der Waals surface area contributed by atoms with E-state index in [2.05, 4.69) is 30.8 Å². The Morgan fingerprint density at radius 2 is 1.76 bits per heavy atom. The topological polar surface area (TPSA) is 78.5 Å². The van der Waals surface area contributed by atoms with Crippen LogP contribution in [0, 0.1) is 5.82 Å².